The SMILES string of the molecule is OC(Cc1nccs1)Cc1c(F)cccc1F. The van der Waals surface area contributed by atoms with Gasteiger partial charge in [-0.25, -0.2) is 13.8 Å². The minimum atomic E-state index is -0.826. The van der Waals surface area contributed by atoms with Crippen molar-refractivity contribution in [2.24, 2.45) is 0 Å². The van der Waals surface area contributed by atoms with E-state index in [2.05, 4.69) is 4.98 Å². The number of rotatable bonds is 4. The topological polar surface area (TPSA) is 33.1 Å². The molecule has 0 aliphatic carbocycles. The van der Waals surface area contributed by atoms with Crippen LogP contribution in [-0.2, 0) is 12.8 Å². The van der Waals surface area contributed by atoms with Crippen molar-refractivity contribution in [3.63, 3.8) is 0 Å². The Balaban J connectivity index is 2.05. The maximum atomic E-state index is 13.3. The van der Waals surface area contributed by atoms with Gasteiger partial charge in [0.05, 0.1) is 11.1 Å². The number of hydrogen-bond donors (Lipinski definition) is 1. The highest BCUT2D eigenvalue weighted by Gasteiger charge is 2.14. The lowest BCUT2D eigenvalue weighted by atomic mass is 10.0. The van der Waals surface area contributed by atoms with Crippen molar-refractivity contribution in [2.75, 3.05) is 0 Å². The number of hydrogen-bond acceptors (Lipinski definition) is 3. The first-order valence-corrected chi connectivity index (χ1v) is 6.04. The lowest BCUT2D eigenvalue weighted by molar-refractivity contribution is 0.172. The fourth-order valence-electron chi connectivity index (χ4n) is 1.59. The molecule has 1 atom stereocenters. The molecule has 1 aromatic carbocycles. The molecule has 90 valence electrons. The van der Waals surface area contributed by atoms with Crippen LogP contribution in [0.1, 0.15) is 10.6 Å². The van der Waals surface area contributed by atoms with Gasteiger partial charge < -0.3 is 5.11 Å². The van der Waals surface area contributed by atoms with E-state index in [4.69, 9.17) is 0 Å². The molecule has 1 unspecified atom stereocenters. The third-order valence-electron chi connectivity index (χ3n) is 2.40. The third-order valence-corrected chi connectivity index (χ3v) is 3.20. The van der Waals surface area contributed by atoms with E-state index in [-0.39, 0.29) is 12.0 Å². The first kappa shape index (κ1) is 12.1. The first-order valence-electron chi connectivity index (χ1n) is 5.16. The van der Waals surface area contributed by atoms with Gasteiger partial charge in [-0.1, -0.05) is 6.07 Å². The standard InChI is InChI=1S/C12H11F2NOS/c13-10-2-1-3-11(14)9(10)6-8(16)7-12-15-4-5-17-12/h1-5,8,16H,6-7H2. The summed E-state index contributed by atoms with van der Waals surface area (Å²) in [7, 11) is 0. The number of thiazole rings is 1. The summed E-state index contributed by atoms with van der Waals surface area (Å²) in [6.45, 7) is 0. The summed E-state index contributed by atoms with van der Waals surface area (Å²) in [4.78, 5) is 4.01. The zero-order valence-electron chi connectivity index (χ0n) is 8.94. The number of halogens is 2. The molecule has 0 saturated heterocycles. The summed E-state index contributed by atoms with van der Waals surface area (Å²) in [6, 6.07) is 3.68. The average Bonchev–Trinajstić information content (AvgIpc) is 2.76. The van der Waals surface area contributed by atoms with E-state index in [1.165, 1.54) is 29.5 Å². The fraction of sp³-hybridized carbons (Fsp3) is 0.250. The molecule has 0 fully saturated rings. The molecule has 2 aromatic rings. The van der Waals surface area contributed by atoms with Crippen molar-refractivity contribution in [3.8, 4) is 0 Å². The van der Waals surface area contributed by atoms with Gasteiger partial charge >= 0.3 is 0 Å². The zero-order chi connectivity index (χ0) is 12.3. The summed E-state index contributed by atoms with van der Waals surface area (Å²) in [5, 5.41) is 12.3. The van der Waals surface area contributed by atoms with Gasteiger partial charge in [-0.05, 0) is 12.1 Å². The summed E-state index contributed by atoms with van der Waals surface area (Å²) in [5.74, 6) is -1.24. The largest absolute Gasteiger partial charge is 0.392 e. The molecule has 2 rings (SSSR count). The molecule has 5 heteroatoms. The Kier molecular flexibility index (Phi) is 3.81. The number of aliphatic hydroxyl groups excluding tert-OH is 1. The van der Waals surface area contributed by atoms with E-state index in [1.54, 1.807) is 11.6 Å². The number of benzene rings is 1. The Morgan fingerprint density at radius 3 is 2.53 bits per heavy atom. The third kappa shape index (κ3) is 3.08. The Morgan fingerprint density at radius 1 is 1.24 bits per heavy atom. The van der Waals surface area contributed by atoms with Crippen molar-refractivity contribution in [3.05, 3.63) is 52.0 Å². The van der Waals surface area contributed by atoms with Crippen LogP contribution in [-0.4, -0.2) is 16.2 Å². The molecule has 0 bridgehead atoms. The molecule has 0 spiro atoms. The van der Waals surface area contributed by atoms with E-state index < -0.39 is 17.7 Å². The molecule has 2 nitrogen and oxygen atoms in total. The highest BCUT2D eigenvalue weighted by molar-refractivity contribution is 7.09. The van der Waals surface area contributed by atoms with Gasteiger partial charge in [0, 0.05) is 30.0 Å². The van der Waals surface area contributed by atoms with Gasteiger partial charge in [0.15, 0.2) is 0 Å². The highest BCUT2D eigenvalue weighted by atomic mass is 32.1. The second kappa shape index (κ2) is 5.33. The van der Waals surface area contributed by atoms with E-state index in [9.17, 15) is 13.9 Å². The van der Waals surface area contributed by atoms with Crippen LogP contribution in [0.5, 0.6) is 0 Å². The summed E-state index contributed by atoms with van der Waals surface area (Å²) in [6.07, 6.45) is 1.08. The molecule has 17 heavy (non-hydrogen) atoms. The van der Waals surface area contributed by atoms with Gasteiger partial charge in [-0.2, -0.15) is 0 Å². The lowest BCUT2D eigenvalue weighted by Crippen LogP contribution is -2.15. The first-order chi connectivity index (χ1) is 8.16. The molecule has 1 N–H and O–H groups in total. The molecular weight excluding hydrogens is 244 g/mol. The van der Waals surface area contributed by atoms with Crippen LogP contribution in [0.15, 0.2) is 29.8 Å². The Bertz CT molecular complexity index is 467. The quantitative estimate of drug-likeness (QED) is 0.910. The van der Waals surface area contributed by atoms with Gasteiger partial charge in [-0.15, -0.1) is 11.3 Å². The number of nitrogens with zero attached hydrogens (tertiary/aromatic N) is 1. The summed E-state index contributed by atoms with van der Waals surface area (Å²) >= 11 is 1.41. The smallest absolute Gasteiger partial charge is 0.129 e. The minimum absolute atomic E-state index is 0.0436. The van der Waals surface area contributed by atoms with E-state index >= 15 is 0 Å². The predicted molar refractivity (Wildman–Crippen MR) is 61.9 cm³/mol. The second-order valence-corrected chi connectivity index (χ2v) is 4.67. The van der Waals surface area contributed by atoms with Crippen molar-refractivity contribution in [1.29, 1.82) is 0 Å². The highest BCUT2D eigenvalue weighted by Crippen LogP contribution is 2.16. The monoisotopic (exact) mass is 255 g/mol. The van der Waals surface area contributed by atoms with Gasteiger partial charge in [0.2, 0.25) is 0 Å². The van der Waals surface area contributed by atoms with Gasteiger partial charge in [0.1, 0.15) is 11.6 Å². The molecule has 0 radical (unpaired) electrons. The van der Waals surface area contributed by atoms with Crippen molar-refractivity contribution in [1.82, 2.24) is 4.98 Å². The Morgan fingerprint density at radius 2 is 1.94 bits per heavy atom. The average molecular weight is 255 g/mol. The van der Waals surface area contributed by atoms with Gasteiger partial charge in [0.25, 0.3) is 0 Å². The number of aliphatic hydroxyl groups is 1. The Hall–Kier alpha value is -1.33. The fourth-order valence-corrected chi connectivity index (χ4v) is 2.28. The normalized spacial score (nSPS) is 12.6. The van der Waals surface area contributed by atoms with Crippen LogP contribution >= 0.6 is 11.3 Å². The summed E-state index contributed by atoms with van der Waals surface area (Å²) < 4.78 is 26.7. The van der Waals surface area contributed by atoms with Crippen LogP contribution in [0.3, 0.4) is 0 Å². The minimum Gasteiger partial charge on any atom is -0.392 e. The maximum absolute atomic E-state index is 13.3. The van der Waals surface area contributed by atoms with E-state index in [0.29, 0.717) is 6.42 Å². The van der Waals surface area contributed by atoms with Crippen LogP contribution in [0.2, 0.25) is 0 Å². The Labute approximate surface area is 102 Å². The molecular formula is C12H11F2NOS. The van der Waals surface area contributed by atoms with Crippen LogP contribution in [0.4, 0.5) is 8.78 Å². The van der Waals surface area contributed by atoms with E-state index in [0.717, 1.165) is 5.01 Å². The molecule has 0 aliphatic rings. The van der Waals surface area contributed by atoms with Crippen molar-refractivity contribution in [2.45, 2.75) is 18.9 Å². The van der Waals surface area contributed by atoms with Crippen molar-refractivity contribution < 1.29 is 13.9 Å². The molecule has 1 aromatic heterocycles. The molecule has 0 aliphatic heterocycles. The molecule has 1 heterocycles. The van der Waals surface area contributed by atoms with Crippen molar-refractivity contribution >= 4 is 11.3 Å². The number of aromatic nitrogens is 1. The predicted octanol–water partition coefficient (Wildman–Crippen LogP) is 2.57. The zero-order valence-corrected chi connectivity index (χ0v) is 9.75. The second-order valence-electron chi connectivity index (χ2n) is 3.69. The van der Waals surface area contributed by atoms with Crippen LogP contribution < -0.4 is 0 Å². The molecule has 0 saturated carbocycles. The van der Waals surface area contributed by atoms with E-state index in [1.807, 2.05) is 0 Å². The maximum Gasteiger partial charge on any atom is 0.129 e. The summed E-state index contributed by atoms with van der Waals surface area (Å²) in [5.41, 5.74) is -0.0726. The lowest BCUT2D eigenvalue weighted by Gasteiger charge is -2.10. The molecule has 0 amide bonds. The van der Waals surface area contributed by atoms with Crippen LogP contribution in [0, 0.1) is 11.6 Å². The van der Waals surface area contributed by atoms with Gasteiger partial charge in [-0.3, -0.25) is 0 Å². The van der Waals surface area contributed by atoms with Crippen LogP contribution in [0.25, 0.3) is 0 Å².